The highest BCUT2D eigenvalue weighted by Crippen LogP contribution is 2.18. The van der Waals surface area contributed by atoms with E-state index in [0.717, 1.165) is 11.7 Å². The Morgan fingerprint density at radius 1 is 1.37 bits per heavy atom. The molecule has 0 amide bonds. The van der Waals surface area contributed by atoms with E-state index in [9.17, 15) is 0 Å². The molecule has 0 fully saturated rings. The molecule has 0 spiro atoms. The molecule has 1 aromatic rings. The van der Waals surface area contributed by atoms with E-state index in [0.29, 0.717) is 17.6 Å². The highest BCUT2D eigenvalue weighted by molar-refractivity contribution is 6.30. The summed E-state index contributed by atoms with van der Waals surface area (Å²) in [6.07, 6.45) is 0.0178. The third-order valence-corrected chi connectivity index (χ3v) is 2.57. The summed E-state index contributed by atoms with van der Waals surface area (Å²) in [7, 11) is 1.75. The maximum atomic E-state index is 5.91. The molecule has 2 N–H and O–H groups in total. The van der Waals surface area contributed by atoms with Gasteiger partial charge < -0.3 is 15.4 Å². The van der Waals surface area contributed by atoms with Crippen molar-refractivity contribution < 1.29 is 4.74 Å². The van der Waals surface area contributed by atoms with Gasteiger partial charge in [-0.15, -0.1) is 0 Å². The maximum Gasteiger partial charge on any atom is 0.191 e. The van der Waals surface area contributed by atoms with E-state index in [1.165, 1.54) is 0 Å². The minimum atomic E-state index is 0.0178. The number of guanidine groups is 1. The maximum absolute atomic E-state index is 5.91. The molecule has 0 aliphatic carbocycles. The van der Waals surface area contributed by atoms with Gasteiger partial charge in [0.1, 0.15) is 11.9 Å². The number of benzene rings is 1. The molecule has 0 heterocycles. The van der Waals surface area contributed by atoms with Crippen molar-refractivity contribution in [1.29, 1.82) is 0 Å². The smallest absolute Gasteiger partial charge is 0.191 e. The summed E-state index contributed by atoms with van der Waals surface area (Å²) in [6, 6.07) is 7.74. The van der Waals surface area contributed by atoms with E-state index >= 15 is 0 Å². The van der Waals surface area contributed by atoms with Crippen LogP contribution in [0, 0.1) is 0 Å². The van der Waals surface area contributed by atoms with Crippen LogP contribution < -0.4 is 15.4 Å². The minimum Gasteiger partial charge on any atom is -0.489 e. The van der Waals surface area contributed by atoms with Crippen LogP contribution in [0.25, 0.3) is 0 Å². The topological polar surface area (TPSA) is 45.7 Å². The summed E-state index contributed by atoms with van der Waals surface area (Å²) in [5.74, 6) is 1.55. The Balaban J connectivity index is 2.41. The fourth-order valence-electron chi connectivity index (χ4n) is 1.52. The van der Waals surface area contributed by atoms with E-state index in [-0.39, 0.29) is 6.10 Å². The van der Waals surface area contributed by atoms with Gasteiger partial charge in [0.25, 0.3) is 0 Å². The van der Waals surface area contributed by atoms with Crippen molar-refractivity contribution in [2.75, 3.05) is 13.6 Å². The number of halogens is 1. The fraction of sp³-hybridized carbons (Fsp3) is 0.500. The second-order valence-electron chi connectivity index (χ2n) is 4.64. The number of nitrogens with one attached hydrogen (secondary N) is 2. The largest absolute Gasteiger partial charge is 0.489 e. The molecule has 0 aromatic heterocycles. The third-order valence-electron chi connectivity index (χ3n) is 2.34. The molecule has 106 valence electrons. The highest BCUT2D eigenvalue weighted by atomic mass is 35.5. The van der Waals surface area contributed by atoms with Crippen molar-refractivity contribution in [2.45, 2.75) is 32.9 Å². The van der Waals surface area contributed by atoms with Gasteiger partial charge in [-0.2, -0.15) is 0 Å². The predicted molar refractivity (Wildman–Crippen MR) is 81.2 cm³/mol. The molecule has 1 rings (SSSR count). The first kappa shape index (κ1) is 15.6. The number of ether oxygens (including phenoxy) is 1. The van der Waals surface area contributed by atoms with Gasteiger partial charge in [0.15, 0.2) is 5.96 Å². The van der Waals surface area contributed by atoms with Gasteiger partial charge in [0, 0.05) is 18.1 Å². The van der Waals surface area contributed by atoms with E-state index < -0.39 is 0 Å². The van der Waals surface area contributed by atoms with Crippen LogP contribution in [-0.4, -0.2) is 31.7 Å². The SMILES string of the molecule is CN=C(NCC(C)Oc1cccc(Cl)c1)NC(C)C. The molecule has 5 heteroatoms. The Labute approximate surface area is 120 Å². The summed E-state index contributed by atoms with van der Waals surface area (Å²) >= 11 is 5.91. The van der Waals surface area contributed by atoms with Gasteiger partial charge in [-0.25, -0.2) is 0 Å². The summed E-state index contributed by atoms with van der Waals surface area (Å²) in [6.45, 7) is 6.80. The van der Waals surface area contributed by atoms with Gasteiger partial charge >= 0.3 is 0 Å². The van der Waals surface area contributed by atoms with E-state index in [2.05, 4.69) is 29.5 Å². The second kappa shape index (κ2) is 7.89. The Hall–Kier alpha value is -1.42. The summed E-state index contributed by atoms with van der Waals surface area (Å²) < 4.78 is 5.77. The van der Waals surface area contributed by atoms with Crippen LogP contribution in [0.4, 0.5) is 0 Å². The lowest BCUT2D eigenvalue weighted by molar-refractivity contribution is 0.224. The third kappa shape index (κ3) is 6.34. The molecular formula is C14H22ClN3O. The van der Waals surface area contributed by atoms with Crippen LogP contribution in [0.1, 0.15) is 20.8 Å². The highest BCUT2D eigenvalue weighted by Gasteiger charge is 2.06. The van der Waals surface area contributed by atoms with Gasteiger partial charge in [0.05, 0.1) is 6.54 Å². The Kier molecular flexibility index (Phi) is 6.50. The number of hydrogen-bond donors (Lipinski definition) is 2. The standard InChI is InChI=1S/C14H22ClN3O/c1-10(2)18-14(16-4)17-9-11(3)19-13-7-5-6-12(15)8-13/h5-8,10-11H,9H2,1-4H3,(H2,16,17,18). The molecule has 0 saturated heterocycles. The quantitative estimate of drug-likeness (QED) is 0.645. The number of rotatable bonds is 5. The van der Waals surface area contributed by atoms with Crippen molar-refractivity contribution >= 4 is 17.6 Å². The van der Waals surface area contributed by atoms with E-state index in [4.69, 9.17) is 16.3 Å². The molecule has 19 heavy (non-hydrogen) atoms. The Morgan fingerprint density at radius 3 is 2.68 bits per heavy atom. The molecule has 0 bridgehead atoms. The van der Waals surface area contributed by atoms with Crippen LogP contribution in [-0.2, 0) is 0 Å². The van der Waals surface area contributed by atoms with Crippen LogP contribution in [0.15, 0.2) is 29.3 Å². The van der Waals surface area contributed by atoms with Crippen molar-refractivity contribution in [2.24, 2.45) is 4.99 Å². The van der Waals surface area contributed by atoms with Gasteiger partial charge in [-0.1, -0.05) is 17.7 Å². The van der Waals surface area contributed by atoms with Gasteiger partial charge in [0.2, 0.25) is 0 Å². The molecule has 0 aliphatic heterocycles. The van der Waals surface area contributed by atoms with Crippen LogP contribution in [0.5, 0.6) is 5.75 Å². The first-order valence-electron chi connectivity index (χ1n) is 6.40. The summed E-state index contributed by atoms with van der Waals surface area (Å²) in [5, 5.41) is 7.11. The average Bonchev–Trinajstić information content (AvgIpc) is 2.34. The van der Waals surface area contributed by atoms with E-state index in [1.807, 2.05) is 25.1 Å². The molecule has 0 radical (unpaired) electrons. The molecule has 0 aliphatic rings. The minimum absolute atomic E-state index is 0.0178. The average molecular weight is 284 g/mol. The Morgan fingerprint density at radius 2 is 2.11 bits per heavy atom. The zero-order valence-corrected chi connectivity index (χ0v) is 12.7. The second-order valence-corrected chi connectivity index (χ2v) is 5.07. The predicted octanol–water partition coefficient (Wildman–Crippen LogP) is 2.68. The molecule has 1 unspecified atom stereocenters. The number of aliphatic imine (C=N–C) groups is 1. The normalized spacial score (nSPS) is 13.3. The van der Waals surface area contributed by atoms with Crippen molar-refractivity contribution in [3.63, 3.8) is 0 Å². The lowest BCUT2D eigenvalue weighted by Gasteiger charge is -2.19. The van der Waals surface area contributed by atoms with Crippen LogP contribution in [0.2, 0.25) is 5.02 Å². The molecular weight excluding hydrogens is 262 g/mol. The van der Waals surface area contributed by atoms with Crippen molar-refractivity contribution in [3.8, 4) is 5.75 Å². The molecule has 4 nitrogen and oxygen atoms in total. The first-order chi connectivity index (χ1) is 9.01. The number of nitrogens with zero attached hydrogens (tertiary/aromatic N) is 1. The monoisotopic (exact) mass is 283 g/mol. The van der Waals surface area contributed by atoms with Crippen LogP contribution >= 0.6 is 11.6 Å². The van der Waals surface area contributed by atoms with Crippen LogP contribution in [0.3, 0.4) is 0 Å². The van der Waals surface area contributed by atoms with E-state index in [1.54, 1.807) is 13.1 Å². The van der Waals surface area contributed by atoms with Gasteiger partial charge in [-0.3, -0.25) is 4.99 Å². The zero-order chi connectivity index (χ0) is 14.3. The summed E-state index contributed by atoms with van der Waals surface area (Å²) in [4.78, 5) is 4.14. The molecule has 1 atom stereocenters. The lowest BCUT2D eigenvalue weighted by Crippen LogP contribution is -2.44. The zero-order valence-electron chi connectivity index (χ0n) is 11.9. The Bertz CT molecular complexity index is 421. The van der Waals surface area contributed by atoms with Gasteiger partial charge in [-0.05, 0) is 39.0 Å². The first-order valence-corrected chi connectivity index (χ1v) is 6.78. The van der Waals surface area contributed by atoms with Crippen molar-refractivity contribution in [1.82, 2.24) is 10.6 Å². The lowest BCUT2D eigenvalue weighted by atomic mass is 10.3. The van der Waals surface area contributed by atoms with Crippen molar-refractivity contribution in [3.05, 3.63) is 29.3 Å². The fourth-order valence-corrected chi connectivity index (χ4v) is 1.70. The summed E-state index contributed by atoms with van der Waals surface area (Å²) in [5.41, 5.74) is 0. The number of hydrogen-bond acceptors (Lipinski definition) is 2. The molecule has 1 aromatic carbocycles. The molecule has 0 saturated carbocycles.